The van der Waals surface area contributed by atoms with Crippen LogP contribution in [0.4, 0.5) is 5.69 Å². The van der Waals surface area contributed by atoms with Gasteiger partial charge in [-0.2, -0.15) is 0 Å². The highest BCUT2D eigenvalue weighted by atomic mass is 16.1. The Morgan fingerprint density at radius 1 is 1.15 bits per heavy atom. The Morgan fingerprint density at radius 2 is 2.04 bits per heavy atom. The molecule has 8 heteroatoms. The van der Waals surface area contributed by atoms with Gasteiger partial charge in [-0.05, 0) is 18.2 Å². The first-order chi connectivity index (χ1) is 12.6. The molecule has 0 fully saturated rings. The molecule has 4 aromatic rings. The third-order valence-corrected chi connectivity index (χ3v) is 4.06. The summed E-state index contributed by atoms with van der Waals surface area (Å²) in [6, 6.07) is 5.59. The highest BCUT2D eigenvalue weighted by Crippen LogP contribution is 2.20. The van der Waals surface area contributed by atoms with Crippen molar-refractivity contribution in [1.82, 2.24) is 29.4 Å². The SMILES string of the molecule is CN(C)c1cncc(-c2cn(Cc3cn4cc(C=O)ccc4n3)nn2)c1. The van der Waals surface area contributed by atoms with Gasteiger partial charge in [-0.1, -0.05) is 5.21 Å². The molecule has 0 unspecified atom stereocenters. The molecule has 0 spiro atoms. The normalized spacial score (nSPS) is 11.0. The third-order valence-electron chi connectivity index (χ3n) is 4.06. The van der Waals surface area contributed by atoms with Crippen molar-refractivity contribution in [2.45, 2.75) is 6.54 Å². The first-order valence-electron chi connectivity index (χ1n) is 8.08. The lowest BCUT2D eigenvalue weighted by Crippen LogP contribution is -2.08. The van der Waals surface area contributed by atoms with Crippen LogP contribution in [0.2, 0.25) is 0 Å². The first-order valence-corrected chi connectivity index (χ1v) is 8.08. The van der Waals surface area contributed by atoms with E-state index in [1.54, 1.807) is 29.3 Å². The van der Waals surface area contributed by atoms with E-state index in [9.17, 15) is 4.79 Å². The summed E-state index contributed by atoms with van der Waals surface area (Å²) in [4.78, 5) is 21.7. The third kappa shape index (κ3) is 3.04. The van der Waals surface area contributed by atoms with Crippen LogP contribution in [0.15, 0.2) is 49.2 Å². The van der Waals surface area contributed by atoms with Gasteiger partial charge in [0.15, 0.2) is 6.29 Å². The molecule has 0 aliphatic carbocycles. The first kappa shape index (κ1) is 15.9. The zero-order chi connectivity index (χ0) is 18.1. The van der Waals surface area contributed by atoms with Crippen LogP contribution in [0.1, 0.15) is 16.1 Å². The number of carbonyl (C=O) groups is 1. The van der Waals surface area contributed by atoms with Crippen LogP contribution in [-0.2, 0) is 6.54 Å². The number of hydrogen-bond acceptors (Lipinski definition) is 6. The molecular formula is C18H17N7O. The van der Waals surface area contributed by atoms with Crippen molar-refractivity contribution < 1.29 is 4.79 Å². The molecular weight excluding hydrogens is 330 g/mol. The van der Waals surface area contributed by atoms with Gasteiger partial charge in [-0.25, -0.2) is 9.67 Å². The Kier molecular flexibility index (Phi) is 3.92. The standard InChI is InChI=1S/C18H17N7O/c1-23(2)16-5-14(6-19-7-16)17-11-25(22-21-17)10-15-9-24-8-13(12-26)3-4-18(24)20-15/h3-9,11-12H,10H2,1-2H3. The lowest BCUT2D eigenvalue weighted by molar-refractivity contribution is 0.112. The van der Waals surface area contributed by atoms with Gasteiger partial charge >= 0.3 is 0 Å². The molecule has 130 valence electrons. The summed E-state index contributed by atoms with van der Waals surface area (Å²) in [6.45, 7) is 0.492. The highest BCUT2D eigenvalue weighted by Gasteiger charge is 2.09. The molecule has 0 aliphatic heterocycles. The summed E-state index contributed by atoms with van der Waals surface area (Å²) < 4.78 is 3.57. The Morgan fingerprint density at radius 3 is 2.85 bits per heavy atom. The predicted octanol–water partition coefficient (Wildman–Crippen LogP) is 1.91. The number of aldehydes is 1. The Bertz CT molecular complexity index is 1080. The number of imidazole rings is 1. The van der Waals surface area contributed by atoms with E-state index < -0.39 is 0 Å². The van der Waals surface area contributed by atoms with E-state index in [4.69, 9.17) is 0 Å². The van der Waals surface area contributed by atoms with Crippen molar-refractivity contribution in [2.24, 2.45) is 0 Å². The minimum absolute atomic E-state index is 0.492. The van der Waals surface area contributed by atoms with Crippen LogP contribution in [0, 0.1) is 0 Å². The molecule has 4 rings (SSSR count). The lowest BCUT2D eigenvalue weighted by Gasteiger charge is -2.11. The fourth-order valence-electron chi connectivity index (χ4n) is 2.69. The number of carbonyl (C=O) groups excluding carboxylic acids is 1. The molecule has 0 atom stereocenters. The highest BCUT2D eigenvalue weighted by molar-refractivity contribution is 5.74. The molecule has 0 bridgehead atoms. The molecule has 0 N–H and O–H groups in total. The van der Waals surface area contributed by atoms with Gasteiger partial charge < -0.3 is 9.30 Å². The van der Waals surface area contributed by atoms with Crippen LogP contribution in [-0.4, -0.2) is 49.7 Å². The fourth-order valence-corrected chi connectivity index (χ4v) is 2.69. The summed E-state index contributed by atoms with van der Waals surface area (Å²) in [5.41, 5.74) is 4.90. The van der Waals surface area contributed by atoms with Gasteiger partial charge in [0.2, 0.25) is 0 Å². The maximum Gasteiger partial charge on any atom is 0.151 e. The van der Waals surface area contributed by atoms with Crippen molar-refractivity contribution in [3.05, 3.63) is 60.4 Å². The van der Waals surface area contributed by atoms with Crippen LogP contribution in [0.25, 0.3) is 16.9 Å². The minimum atomic E-state index is 0.492. The van der Waals surface area contributed by atoms with Gasteiger partial charge in [0.05, 0.1) is 30.3 Å². The number of rotatable bonds is 5. The van der Waals surface area contributed by atoms with Crippen molar-refractivity contribution in [3.8, 4) is 11.3 Å². The molecule has 0 radical (unpaired) electrons. The number of anilines is 1. The Balaban J connectivity index is 1.59. The maximum absolute atomic E-state index is 10.9. The van der Waals surface area contributed by atoms with E-state index in [2.05, 4.69) is 20.3 Å². The van der Waals surface area contributed by atoms with Gasteiger partial charge in [0, 0.05) is 43.8 Å². The maximum atomic E-state index is 10.9. The average Bonchev–Trinajstić information content (AvgIpc) is 3.27. The number of hydrogen-bond donors (Lipinski definition) is 0. The molecule has 8 nitrogen and oxygen atoms in total. The Labute approximate surface area is 149 Å². The second-order valence-electron chi connectivity index (χ2n) is 6.21. The van der Waals surface area contributed by atoms with Crippen LogP contribution < -0.4 is 4.90 Å². The number of pyridine rings is 2. The van der Waals surface area contributed by atoms with E-state index in [1.165, 1.54) is 0 Å². The van der Waals surface area contributed by atoms with Crippen LogP contribution >= 0.6 is 0 Å². The van der Waals surface area contributed by atoms with Gasteiger partial charge in [-0.3, -0.25) is 9.78 Å². The Hall–Kier alpha value is -3.55. The van der Waals surface area contributed by atoms with Crippen molar-refractivity contribution in [1.29, 1.82) is 0 Å². The fraction of sp³-hybridized carbons (Fsp3) is 0.167. The number of nitrogens with zero attached hydrogens (tertiary/aromatic N) is 7. The largest absolute Gasteiger partial charge is 0.376 e. The summed E-state index contributed by atoms with van der Waals surface area (Å²) in [7, 11) is 3.94. The van der Waals surface area contributed by atoms with Gasteiger partial charge in [0.25, 0.3) is 0 Å². The predicted molar refractivity (Wildman–Crippen MR) is 97.3 cm³/mol. The average molecular weight is 347 g/mol. The van der Waals surface area contributed by atoms with E-state index in [0.29, 0.717) is 12.1 Å². The molecule has 4 heterocycles. The zero-order valence-electron chi connectivity index (χ0n) is 14.4. The quantitative estimate of drug-likeness (QED) is 0.513. The summed E-state index contributed by atoms with van der Waals surface area (Å²) >= 11 is 0. The summed E-state index contributed by atoms with van der Waals surface area (Å²) in [6.07, 6.45) is 9.91. The van der Waals surface area contributed by atoms with Crippen LogP contribution in [0.5, 0.6) is 0 Å². The van der Waals surface area contributed by atoms with Gasteiger partial charge in [0.1, 0.15) is 11.3 Å². The molecule has 0 aromatic carbocycles. The number of aromatic nitrogens is 6. The van der Waals surface area contributed by atoms with Crippen molar-refractivity contribution >= 4 is 17.6 Å². The monoisotopic (exact) mass is 347 g/mol. The van der Waals surface area contributed by atoms with Crippen LogP contribution in [0.3, 0.4) is 0 Å². The number of fused-ring (bicyclic) bond motifs is 1. The van der Waals surface area contributed by atoms with E-state index in [1.807, 2.05) is 47.9 Å². The molecule has 26 heavy (non-hydrogen) atoms. The molecule has 0 saturated carbocycles. The smallest absolute Gasteiger partial charge is 0.151 e. The molecule has 0 aliphatic rings. The summed E-state index contributed by atoms with van der Waals surface area (Å²) in [5, 5.41) is 8.42. The molecule has 0 saturated heterocycles. The second kappa shape index (κ2) is 6.40. The lowest BCUT2D eigenvalue weighted by atomic mass is 10.2. The molecule has 0 amide bonds. The second-order valence-corrected chi connectivity index (χ2v) is 6.21. The topological polar surface area (TPSA) is 81.2 Å². The van der Waals surface area contributed by atoms with E-state index in [0.717, 1.165) is 34.6 Å². The van der Waals surface area contributed by atoms with E-state index >= 15 is 0 Å². The zero-order valence-corrected chi connectivity index (χ0v) is 14.4. The van der Waals surface area contributed by atoms with E-state index in [-0.39, 0.29) is 0 Å². The molecule has 4 aromatic heterocycles. The summed E-state index contributed by atoms with van der Waals surface area (Å²) in [5.74, 6) is 0. The van der Waals surface area contributed by atoms with Crippen molar-refractivity contribution in [2.75, 3.05) is 19.0 Å². The van der Waals surface area contributed by atoms with Crippen molar-refractivity contribution in [3.63, 3.8) is 0 Å². The van der Waals surface area contributed by atoms with Gasteiger partial charge in [-0.15, -0.1) is 5.10 Å². The minimum Gasteiger partial charge on any atom is -0.376 e.